The summed E-state index contributed by atoms with van der Waals surface area (Å²) < 4.78 is 44.3. The molecule has 0 radical (unpaired) electrons. The Labute approximate surface area is 229 Å². The van der Waals surface area contributed by atoms with E-state index in [0.717, 1.165) is 20.8 Å². The van der Waals surface area contributed by atoms with Gasteiger partial charge in [-0.1, -0.05) is 6.07 Å². The molecule has 0 N–H and O–H groups in total. The lowest BCUT2D eigenvalue weighted by molar-refractivity contribution is -0.288. The first-order valence-electron chi connectivity index (χ1n) is 12.6. The normalized spacial score (nSPS) is 22.2. The lowest BCUT2D eigenvalue weighted by atomic mass is 9.98. The van der Waals surface area contributed by atoms with Crippen molar-refractivity contribution in [3.63, 3.8) is 0 Å². The van der Waals surface area contributed by atoms with Gasteiger partial charge in [0.2, 0.25) is 12.4 Å². The molecule has 1 aliphatic rings. The highest BCUT2D eigenvalue weighted by atomic mass is 16.7. The molecule has 5 atom stereocenters. The van der Waals surface area contributed by atoms with Gasteiger partial charge in [0.15, 0.2) is 12.2 Å². The van der Waals surface area contributed by atoms with E-state index in [-0.39, 0.29) is 25.2 Å². The molecule has 1 saturated heterocycles. The van der Waals surface area contributed by atoms with Crippen LogP contribution in [0, 0.1) is 0 Å². The van der Waals surface area contributed by atoms with Crippen LogP contribution in [0.1, 0.15) is 46.6 Å². The monoisotopic (exact) mass is 564 g/mol. The van der Waals surface area contributed by atoms with Crippen molar-refractivity contribution in [2.75, 3.05) is 13.2 Å². The van der Waals surface area contributed by atoms with E-state index >= 15 is 0 Å². The summed E-state index contributed by atoms with van der Waals surface area (Å²) in [6.45, 7) is 6.10. The maximum atomic E-state index is 12.1. The van der Waals surface area contributed by atoms with Crippen LogP contribution in [0.15, 0.2) is 28.9 Å². The van der Waals surface area contributed by atoms with Crippen LogP contribution < -0.4 is 4.74 Å². The summed E-state index contributed by atoms with van der Waals surface area (Å²) in [5.74, 6) is -3.08. The molecule has 1 fully saturated rings. The number of ether oxygens (including phenoxy) is 7. The Hall–Kier alpha value is -4.13. The molecule has 218 valence electrons. The van der Waals surface area contributed by atoms with Crippen molar-refractivity contribution in [3.8, 4) is 5.75 Å². The molecule has 13 heteroatoms. The topological polar surface area (TPSA) is 163 Å². The average Bonchev–Trinajstić information content (AvgIpc) is 3.34. The first-order valence-corrected chi connectivity index (χ1v) is 12.6. The number of hydrogen-bond acceptors (Lipinski definition) is 13. The number of fused-ring (bicyclic) bond motifs is 1. The highest BCUT2D eigenvalue weighted by molar-refractivity contribution is 5.86. The van der Waals surface area contributed by atoms with E-state index in [0.29, 0.717) is 16.5 Å². The molecule has 1 aromatic carbocycles. The summed E-state index contributed by atoms with van der Waals surface area (Å²) in [5, 5.41) is 0.522. The van der Waals surface area contributed by atoms with Crippen molar-refractivity contribution in [2.24, 2.45) is 0 Å². The third-order valence-electron chi connectivity index (χ3n) is 5.75. The van der Waals surface area contributed by atoms with Crippen molar-refractivity contribution in [1.82, 2.24) is 0 Å². The second-order valence-electron chi connectivity index (χ2n) is 8.88. The molecule has 13 nitrogen and oxygen atoms in total. The predicted molar refractivity (Wildman–Crippen MR) is 134 cm³/mol. The Morgan fingerprint density at radius 3 is 2.08 bits per heavy atom. The number of hydrogen-bond donors (Lipinski definition) is 0. The number of benzene rings is 1. The molecule has 2 heterocycles. The molecule has 0 bridgehead atoms. The van der Waals surface area contributed by atoms with Crippen molar-refractivity contribution in [3.05, 3.63) is 30.0 Å². The SMILES string of the molecule is CCOC(=O)CCc1ccc2occc2c1OC1OC(COC(C)=O)C(OC(C)=O)C(OC(C)=O)C1OC(C)=O. The van der Waals surface area contributed by atoms with Gasteiger partial charge in [0.05, 0.1) is 18.3 Å². The van der Waals surface area contributed by atoms with Gasteiger partial charge in [0, 0.05) is 34.1 Å². The van der Waals surface area contributed by atoms with E-state index in [1.165, 1.54) is 13.2 Å². The fourth-order valence-electron chi connectivity index (χ4n) is 4.27. The zero-order valence-electron chi connectivity index (χ0n) is 22.8. The van der Waals surface area contributed by atoms with Gasteiger partial charge in [-0.2, -0.15) is 0 Å². The van der Waals surface area contributed by atoms with Crippen LogP contribution in [0.5, 0.6) is 5.75 Å². The third kappa shape index (κ3) is 7.94. The van der Waals surface area contributed by atoms with Crippen LogP contribution in [0.25, 0.3) is 11.0 Å². The summed E-state index contributed by atoms with van der Waals surface area (Å²) in [7, 11) is 0. The van der Waals surface area contributed by atoms with Crippen LogP contribution in [-0.2, 0) is 58.8 Å². The maximum Gasteiger partial charge on any atom is 0.306 e. The quantitative estimate of drug-likeness (QED) is 0.289. The van der Waals surface area contributed by atoms with Gasteiger partial charge in [-0.3, -0.25) is 24.0 Å². The zero-order chi connectivity index (χ0) is 29.4. The second kappa shape index (κ2) is 13.8. The Balaban J connectivity index is 2.06. The van der Waals surface area contributed by atoms with Crippen molar-refractivity contribution in [2.45, 2.75) is 78.2 Å². The lowest BCUT2D eigenvalue weighted by Crippen LogP contribution is -2.63. The van der Waals surface area contributed by atoms with E-state index in [4.69, 9.17) is 37.6 Å². The van der Waals surface area contributed by atoms with Gasteiger partial charge in [-0.15, -0.1) is 0 Å². The third-order valence-corrected chi connectivity index (χ3v) is 5.75. The maximum absolute atomic E-state index is 12.1. The number of esters is 5. The Bertz CT molecular complexity index is 1230. The molecule has 3 rings (SSSR count). The summed E-state index contributed by atoms with van der Waals surface area (Å²) in [6, 6.07) is 5.05. The fraction of sp³-hybridized carbons (Fsp3) is 0.519. The zero-order valence-corrected chi connectivity index (χ0v) is 22.8. The van der Waals surface area contributed by atoms with Gasteiger partial charge < -0.3 is 37.6 Å². The summed E-state index contributed by atoms with van der Waals surface area (Å²) >= 11 is 0. The van der Waals surface area contributed by atoms with Gasteiger partial charge in [0.25, 0.3) is 0 Å². The Morgan fingerprint density at radius 1 is 0.800 bits per heavy atom. The highest BCUT2D eigenvalue weighted by Gasteiger charge is 2.53. The molecule has 5 unspecified atom stereocenters. The van der Waals surface area contributed by atoms with E-state index in [2.05, 4.69) is 0 Å². The Kier molecular flexibility index (Phi) is 10.5. The number of rotatable bonds is 11. The summed E-state index contributed by atoms with van der Waals surface area (Å²) in [4.78, 5) is 59.8. The van der Waals surface area contributed by atoms with Gasteiger partial charge in [0.1, 0.15) is 24.0 Å². The predicted octanol–water partition coefficient (Wildman–Crippen LogP) is 2.39. The van der Waals surface area contributed by atoms with Crippen LogP contribution in [0.4, 0.5) is 0 Å². The van der Waals surface area contributed by atoms with Crippen LogP contribution in [-0.4, -0.2) is 73.8 Å². The number of furan rings is 1. The van der Waals surface area contributed by atoms with Gasteiger partial charge in [-0.05, 0) is 31.0 Å². The first-order chi connectivity index (χ1) is 19.0. The highest BCUT2D eigenvalue weighted by Crippen LogP contribution is 2.36. The largest absolute Gasteiger partial charge is 0.466 e. The smallest absolute Gasteiger partial charge is 0.306 e. The molecule has 1 aromatic heterocycles. The molecule has 0 saturated carbocycles. The standard InChI is InChI=1S/C27H32O13/c1-6-33-22(32)10-8-18-7-9-20-19(11-12-34-20)23(18)40-27-26(38-17(5)31)25(37-16(4)30)24(36-15(3)29)21(39-27)13-35-14(2)28/h7,9,11-12,21,24-27H,6,8,10,13H2,1-5H3. The Morgan fingerprint density at radius 2 is 1.45 bits per heavy atom. The summed E-state index contributed by atoms with van der Waals surface area (Å²) in [6.07, 6.45) is -5.04. The number of carbonyl (C=O) groups is 5. The molecule has 1 aliphatic heterocycles. The van der Waals surface area contributed by atoms with E-state index in [1.54, 1.807) is 25.1 Å². The minimum absolute atomic E-state index is 0.0477. The minimum atomic E-state index is -1.44. The summed E-state index contributed by atoms with van der Waals surface area (Å²) in [5.41, 5.74) is 1.04. The van der Waals surface area contributed by atoms with Crippen LogP contribution in [0.3, 0.4) is 0 Å². The minimum Gasteiger partial charge on any atom is -0.466 e. The van der Waals surface area contributed by atoms with Crippen LogP contribution >= 0.6 is 0 Å². The van der Waals surface area contributed by atoms with Crippen molar-refractivity contribution < 1.29 is 61.5 Å². The van der Waals surface area contributed by atoms with Crippen molar-refractivity contribution >= 4 is 40.8 Å². The van der Waals surface area contributed by atoms with E-state index in [9.17, 15) is 24.0 Å². The second-order valence-corrected chi connectivity index (χ2v) is 8.88. The average molecular weight is 565 g/mol. The number of aryl methyl sites for hydroxylation is 1. The van der Waals surface area contributed by atoms with Gasteiger partial charge in [-0.25, -0.2) is 0 Å². The van der Waals surface area contributed by atoms with Gasteiger partial charge >= 0.3 is 29.8 Å². The fourth-order valence-corrected chi connectivity index (χ4v) is 4.27. The van der Waals surface area contributed by atoms with E-state index in [1.807, 2.05) is 0 Å². The molecule has 0 spiro atoms. The molecule has 2 aromatic rings. The first kappa shape index (κ1) is 30.4. The molecular formula is C27H32O13. The van der Waals surface area contributed by atoms with Crippen molar-refractivity contribution in [1.29, 1.82) is 0 Å². The molecule has 0 amide bonds. The molecule has 0 aliphatic carbocycles. The molecular weight excluding hydrogens is 532 g/mol. The number of carbonyl (C=O) groups excluding carboxylic acids is 5. The van der Waals surface area contributed by atoms with E-state index < -0.39 is 67.2 Å². The van der Waals surface area contributed by atoms with Crippen LogP contribution in [0.2, 0.25) is 0 Å². The lowest BCUT2D eigenvalue weighted by Gasteiger charge is -2.44. The molecule has 40 heavy (non-hydrogen) atoms.